The number of morpholine rings is 1. The Hall–Kier alpha value is -1.52. The lowest BCUT2D eigenvalue weighted by molar-refractivity contribution is 0.0342. The molecule has 1 aliphatic heterocycles. The van der Waals surface area contributed by atoms with Gasteiger partial charge in [0, 0.05) is 32.0 Å². The van der Waals surface area contributed by atoms with Gasteiger partial charge in [-0.1, -0.05) is 6.07 Å². The first-order valence-corrected chi connectivity index (χ1v) is 5.91. The molecule has 1 aromatic heterocycles. The van der Waals surface area contributed by atoms with Gasteiger partial charge in [0.1, 0.15) is 0 Å². The van der Waals surface area contributed by atoms with Crippen molar-refractivity contribution in [1.82, 2.24) is 14.9 Å². The molecular weight excluding hydrogens is 214 g/mol. The molecule has 1 aromatic carbocycles. The monoisotopic (exact) mass is 229 g/mol. The highest BCUT2D eigenvalue weighted by molar-refractivity contribution is 5.74. The summed E-state index contributed by atoms with van der Waals surface area (Å²) in [5.74, 6) is 0. The van der Waals surface area contributed by atoms with E-state index in [0.29, 0.717) is 0 Å². The number of hydrogen-bond acceptors (Lipinski definition) is 4. The molecule has 17 heavy (non-hydrogen) atoms. The van der Waals surface area contributed by atoms with Crippen LogP contribution < -0.4 is 0 Å². The predicted octanol–water partition coefficient (Wildman–Crippen LogP) is 1.46. The van der Waals surface area contributed by atoms with Crippen LogP contribution in [0, 0.1) is 0 Å². The largest absolute Gasteiger partial charge is 0.379 e. The Morgan fingerprint density at radius 1 is 1.06 bits per heavy atom. The Bertz CT molecular complexity index is 509. The first-order chi connectivity index (χ1) is 8.42. The number of ether oxygens (including phenoxy) is 1. The molecule has 2 heterocycles. The first-order valence-electron chi connectivity index (χ1n) is 5.91. The van der Waals surface area contributed by atoms with Crippen molar-refractivity contribution in [3.05, 3.63) is 36.2 Å². The first kappa shape index (κ1) is 10.6. The van der Waals surface area contributed by atoms with E-state index in [1.165, 1.54) is 5.56 Å². The average molecular weight is 229 g/mol. The zero-order chi connectivity index (χ0) is 11.5. The summed E-state index contributed by atoms with van der Waals surface area (Å²) in [5, 5.41) is 0. The van der Waals surface area contributed by atoms with Gasteiger partial charge in [-0.05, 0) is 17.7 Å². The van der Waals surface area contributed by atoms with Crippen molar-refractivity contribution in [2.45, 2.75) is 6.54 Å². The van der Waals surface area contributed by atoms with E-state index in [2.05, 4.69) is 27.0 Å². The lowest BCUT2D eigenvalue weighted by Gasteiger charge is -2.26. The summed E-state index contributed by atoms with van der Waals surface area (Å²) in [7, 11) is 0. The molecule has 2 aromatic rings. The molecule has 1 saturated heterocycles. The molecule has 4 heteroatoms. The van der Waals surface area contributed by atoms with Crippen molar-refractivity contribution >= 4 is 11.0 Å². The van der Waals surface area contributed by atoms with E-state index >= 15 is 0 Å². The molecule has 3 rings (SSSR count). The van der Waals surface area contributed by atoms with Gasteiger partial charge < -0.3 is 4.74 Å². The van der Waals surface area contributed by atoms with Crippen LogP contribution in [0.5, 0.6) is 0 Å². The van der Waals surface area contributed by atoms with E-state index in [4.69, 9.17) is 4.74 Å². The third kappa shape index (κ3) is 2.43. The van der Waals surface area contributed by atoms with Gasteiger partial charge in [-0.25, -0.2) is 0 Å². The topological polar surface area (TPSA) is 38.2 Å². The Kier molecular flexibility index (Phi) is 2.98. The predicted molar refractivity (Wildman–Crippen MR) is 65.6 cm³/mol. The minimum absolute atomic E-state index is 0.841. The van der Waals surface area contributed by atoms with Crippen LogP contribution in [-0.4, -0.2) is 41.2 Å². The highest BCUT2D eigenvalue weighted by Crippen LogP contribution is 2.13. The Morgan fingerprint density at radius 3 is 2.65 bits per heavy atom. The molecule has 0 spiro atoms. The molecule has 0 aliphatic carbocycles. The number of nitrogens with zero attached hydrogens (tertiary/aromatic N) is 3. The van der Waals surface area contributed by atoms with Gasteiger partial charge in [0.25, 0.3) is 0 Å². The lowest BCUT2D eigenvalue weighted by Crippen LogP contribution is -2.35. The van der Waals surface area contributed by atoms with Crippen LogP contribution in [-0.2, 0) is 11.3 Å². The molecule has 0 amide bonds. The molecule has 88 valence electrons. The normalized spacial score (nSPS) is 17.4. The van der Waals surface area contributed by atoms with Crippen LogP contribution in [0.2, 0.25) is 0 Å². The van der Waals surface area contributed by atoms with Crippen molar-refractivity contribution in [2.75, 3.05) is 26.3 Å². The summed E-state index contributed by atoms with van der Waals surface area (Å²) < 4.78 is 5.34. The highest BCUT2D eigenvalue weighted by atomic mass is 16.5. The average Bonchev–Trinajstić information content (AvgIpc) is 2.40. The van der Waals surface area contributed by atoms with Gasteiger partial charge in [0.15, 0.2) is 0 Å². The van der Waals surface area contributed by atoms with Crippen molar-refractivity contribution in [1.29, 1.82) is 0 Å². The SMILES string of the molecule is c1cnc2cc(CN3CCOCC3)ccc2n1. The van der Waals surface area contributed by atoms with Crippen LogP contribution >= 0.6 is 0 Å². The maximum Gasteiger partial charge on any atom is 0.0890 e. The third-order valence-electron chi connectivity index (χ3n) is 3.04. The van der Waals surface area contributed by atoms with Gasteiger partial charge in [-0.2, -0.15) is 0 Å². The van der Waals surface area contributed by atoms with Crippen LogP contribution in [0.15, 0.2) is 30.6 Å². The number of benzene rings is 1. The standard InChI is InChI=1S/C13H15N3O/c1-2-12-13(15-4-3-14-12)9-11(1)10-16-5-7-17-8-6-16/h1-4,9H,5-8,10H2. The number of hydrogen-bond donors (Lipinski definition) is 0. The maximum atomic E-state index is 5.34. The molecular formula is C13H15N3O. The summed E-state index contributed by atoms with van der Waals surface area (Å²) >= 11 is 0. The summed E-state index contributed by atoms with van der Waals surface area (Å²) in [6.07, 6.45) is 3.46. The molecule has 0 radical (unpaired) electrons. The van der Waals surface area contributed by atoms with Crippen LogP contribution in [0.4, 0.5) is 0 Å². The van der Waals surface area contributed by atoms with E-state index in [1.54, 1.807) is 12.4 Å². The molecule has 0 saturated carbocycles. The highest BCUT2D eigenvalue weighted by Gasteiger charge is 2.10. The molecule has 0 bridgehead atoms. The smallest absolute Gasteiger partial charge is 0.0890 e. The fraction of sp³-hybridized carbons (Fsp3) is 0.385. The van der Waals surface area contributed by atoms with Crippen LogP contribution in [0.1, 0.15) is 5.56 Å². The van der Waals surface area contributed by atoms with Crippen molar-refractivity contribution in [3.63, 3.8) is 0 Å². The number of fused-ring (bicyclic) bond motifs is 1. The van der Waals surface area contributed by atoms with Gasteiger partial charge in [-0.3, -0.25) is 14.9 Å². The third-order valence-corrected chi connectivity index (χ3v) is 3.04. The second-order valence-electron chi connectivity index (χ2n) is 4.27. The van der Waals surface area contributed by atoms with E-state index in [-0.39, 0.29) is 0 Å². The summed E-state index contributed by atoms with van der Waals surface area (Å²) in [6, 6.07) is 6.29. The molecule has 1 fully saturated rings. The van der Waals surface area contributed by atoms with Gasteiger partial charge >= 0.3 is 0 Å². The lowest BCUT2D eigenvalue weighted by atomic mass is 10.1. The molecule has 0 atom stereocenters. The van der Waals surface area contributed by atoms with E-state index in [0.717, 1.165) is 43.9 Å². The second kappa shape index (κ2) is 4.77. The summed E-state index contributed by atoms with van der Waals surface area (Å²) in [6.45, 7) is 4.67. The maximum absolute atomic E-state index is 5.34. The minimum Gasteiger partial charge on any atom is -0.379 e. The van der Waals surface area contributed by atoms with Gasteiger partial charge in [0.05, 0.1) is 24.2 Å². The van der Waals surface area contributed by atoms with Crippen molar-refractivity contribution in [3.8, 4) is 0 Å². The van der Waals surface area contributed by atoms with Gasteiger partial charge in [-0.15, -0.1) is 0 Å². The Balaban J connectivity index is 1.80. The minimum atomic E-state index is 0.841. The molecule has 0 unspecified atom stereocenters. The Morgan fingerprint density at radius 2 is 1.82 bits per heavy atom. The van der Waals surface area contributed by atoms with E-state index in [1.807, 2.05) is 6.07 Å². The second-order valence-corrected chi connectivity index (χ2v) is 4.27. The van der Waals surface area contributed by atoms with Crippen LogP contribution in [0.3, 0.4) is 0 Å². The van der Waals surface area contributed by atoms with E-state index in [9.17, 15) is 0 Å². The fourth-order valence-electron chi connectivity index (χ4n) is 2.12. The summed E-state index contributed by atoms with van der Waals surface area (Å²) in [5.41, 5.74) is 3.22. The molecule has 4 nitrogen and oxygen atoms in total. The molecule has 1 aliphatic rings. The van der Waals surface area contributed by atoms with E-state index < -0.39 is 0 Å². The van der Waals surface area contributed by atoms with Crippen LogP contribution in [0.25, 0.3) is 11.0 Å². The van der Waals surface area contributed by atoms with Gasteiger partial charge in [0.2, 0.25) is 0 Å². The zero-order valence-electron chi connectivity index (χ0n) is 9.67. The van der Waals surface area contributed by atoms with Crippen molar-refractivity contribution < 1.29 is 4.74 Å². The zero-order valence-corrected chi connectivity index (χ0v) is 9.67. The fourth-order valence-corrected chi connectivity index (χ4v) is 2.12. The quantitative estimate of drug-likeness (QED) is 0.781. The molecule has 0 N–H and O–H groups in total. The van der Waals surface area contributed by atoms with Crippen molar-refractivity contribution in [2.24, 2.45) is 0 Å². The number of aromatic nitrogens is 2. The number of rotatable bonds is 2. The summed E-state index contributed by atoms with van der Waals surface area (Å²) in [4.78, 5) is 11.0. The Labute approximate surface area is 100 Å².